The second kappa shape index (κ2) is 7.09. The fourth-order valence-electron chi connectivity index (χ4n) is 2.18. The van der Waals surface area contributed by atoms with Gasteiger partial charge in [0.2, 0.25) is 0 Å². The molecule has 102 valence electrons. The molecule has 0 saturated heterocycles. The van der Waals surface area contributed by atoms with Gasteiger partial charge in [-0.3, -0.25) is 0 Å². The topological polar surface area (TPSA) is 12.0 Å². The fraction of sp³-hybridized carbons (Fsp3) is 0.375. The van der Waals surface area contributed by atoms with E-state index in [2.05, 4.69) is 49.5 Å². The Morgan fingerprint density at radius 3 is 2.74 bits per heavy atom. The molecule has 1 aromatic heterocycles. The summed E-state index contributed by atoms with van der Waals surface area (Å²) in [5.41, 5.74) is 2.67. The number of aryl methyl sites for hydroxylation is 1. The molecule has 19 heavy (non-hydrogen) atoms. The Hall–Kier alpha value is -0.830. The third-order valence-electron chi connectivity index (χ3n) is 3.12. The molecule has 3 heteroatoms. The van der Waals surface area contributed by atoms with E-state index in [1.54, 1.807) is 11.3 Å². The minimum atomic E-state index is 0.370. The molecular formula is C16H20ClNS. The monoisotopic (exact) mass is 293 g/mol. The number of halogens is 1. The highest BCUT2D eigenvalue weighted by Gasteiger charge is 2.12. The summed E-state index contributed by atoms with van der Waals surface area (Å²) in [6.07, 6.45) is 2.15. The van der Waals surface area contributed by atoms with Crippen molar-refractivity contribution in [1.29, 1.82) is 0 Å². The summed E-state index contributed by atoms with van der Waals surface area (Å²) in [4.78, 5) is 1.33. The molecule has 0 fully saturated rings. The van der Waals surface area contributed by atoms with Crippen molar-refractivity contribution in [1.82, 2.24) is 5.32 Å². The van der Waals surface area contributed by atoms with Crippen LogP contribution in [0.5, 0.6) is 0 Å². The number of benzene rings is 1. The summed E-state index contributed by atoms with van der Waals surface area (Å²) in [5, 5.41) is 3.63. The van der Waals surface area contributed by atoms with Gasteiger partial charge in [-0.1, -0.05) is 48.4 Å². The molecule has 0 amide bonds. The molecule has 0 radical (unpaired) electrons. The molecule has 1 aromatic carbocycles. The smallest absolute Gasteiger partial charge is 0.0931 e. The first-order valence-corrected chi connectivity index (χ1v) is 7.92. The maximum Gasteiger partial charge on any atom is 0.0931 e. The van der Waals surface area contributed by atoms with Crippen LogP contribution < -0.4 is 5.32 Å². The largest absolute Gasteiger partial charge is 0.310 e. The zero-order chi connectivity index (χ0) is 13.7. The molecule has 1 unspecified atom stereocenters. The van der Waals surface area contributed by atoms with Crippen LogP contribution in [-0.2, 0) is 6.42 Å². The van der Waals surface area contributed by atoms with Crippen LogP contribution in [-0.4, -0.2) is 6.54 Å². The summed E-state index contributed by atoms with van der Waals surface area (Å²) in [6, 6.07) is 13.2. The van der Waals surface area contributed by atoms with Gasteiger partial charge in [-0.15, -0.1) is 11.3 Å². The summed E-state index contributed by atoms with van der Waals surface area (Å²) in [7, 11) is 0. The van der Waals surface area contributed by atoms with Gasteiger partial charge in [-0.25, -0.2) is 0 Å². The molecule has 1 N–H and O–H groups in total. The van der Waals surface area contributed by atoms with Crippen molar-refractivity contribution >= 4 is 22.9 Å². The molecule has 0 aliphatic heterocycles. The van der Waals surface area contributed by atoms with Gasteiger partial charge in [-0.2, -0.15) is 0 Å². The van der Waals surface area contributed by atoms with Crippen LogP contribution >= 0.6 is 22.9 Å². The van der Waals surface area contributed by atoms with Crippen LogP contribution in [0.3, 0.4) is 0 Å². The van der Waals surface area contributed by atoms with Crippen molar-refractivity contribution in [2.75, 3.05) is 6.54 Å². The van der Waals surface area contributed by atoms with E-state index in [-0.39, 0.29) is 0 Å². The van der Waals surface area contributed by atoms with Gasteiger partial charge < -0.3 is 5.32 Å². The Morgan fingerprint density at radius 1 is 1.26 bits per heavy atom. The van der Waals surface area contributed by atoms with Crippen molar-refractivity contribution in [2.45, 2.75) is 32.7 Å². The van der Waals surface area contributed by atoms with Crippen molar-refractivity contribution in [2.24, 2.45) is 0 Å². The third kappa shape index (κ3) is 4.34. The highest BCUT2D eigenvalue weighted by atomic mass is 35.5. The number of thiophene rings is 1. The number of nitrogens with one attached hydrogen (secondary N) is 1. The first kappa shape index (κ1) is 14.6. The molecule has 0 saturated carbocycles. The summed E-state index contributed by atoms with van der Waals surface area (Å²) in [6.45, 7) is 5.38. The van der Waals surface area contributed by atoms with Gasteiger partial charge in [0.05, 0.1) is 4.34 Å². The first-order chi connectivity index (χ1) is 9.19. The van der Waals surface area contributed by atoms with Gasteiger partial charge in [0.1, 0.15) is 0 Å². The Balaban J connectivity index is 2.15. The van der Waals surface area contributed by atoms with Crippen LogP contribution in [0.1, 0.15) is 35.4 Å². The van der Waals surface area contributed by atoms with Crippen molar-refractivity contribution in [3.63, 3.8) is 0 Å². The average Bonchev–Trinajstić information content (AvgIpc) is 2.80. The van der Waals surface area contributed by atoms with E-state index in [0.717, 1.165) is 23.7 Å². The zero-order valence-electron chi connectivity index (χ0n) is 11.4. The minimum absolute atomic E-state index is 0.370. The Bertz CT molecular complexity index is 521. The zero-order valence-corrected chi connectivity index (χ0v) is 13.0. The van der Waals surface area contributed by atoms with Crippen molar-refractivity contribution < 1.29 is 0 Å². The highest BCUT2D eigenvalue weighted by Crippen LogP contribution is 2.27. The van der Waals surface area contributed by atoms with Gasteiger partial charge in [0.15, 0.2) is 0 Å². The predicted molar refractivity (Wildman–Crippen MR) is 85.2 cm³/mol. The van der Waals surface area contributed by atoms with E-state index >= 15 is 0 Å². The van der Waals surface area contributed by atoms with E-state index in [1.807, 2.05) is 6.07 Å². The third-order valence-corrected chi connectivity index (χ3v) is 4.37. The van der Waals surface area contributed by atoms with Crippen molar-refractivity contribution in [3.05, 3.63) is 56.7 Å². The van der Waals surface area contributed by atoms with Gasteiger partial charge in [-0.05, 0) is 37.6 Å². The average molecular weight is 294 g/mol. The molecule has 1 heterocycles. The lowest BCUT2D eigenvalue weighted by atomic mass is 10.0. The second-order valence-corrected chi connectivity index (χ2v) is 6.63. The Kier molecular flexibility index (Phi) is 5.44. The molecule has 2 rings (SSSR count). The van der Waals surface area contributed by atoms with Crippen LogP contribution in [0.25, 0.3) is 0 Å². The Morgan fingerprint density at radius 2 is 2.11 bits per heavy atom. The second-order valence-electron chi connectivity index (χ2n) is 4.83. The maximum absolute atomic E-state index is 6.02. The SMILES string of the molecule is CCCNC(Cc1ccc(Cl)s1)c1cccc(C)c1. The molecule has 1 atom stereocenters. The molecule has 1 nitrogen and oxygen atoms in total. The molecular weight excluding hydrogens is 274 g/mol. The Labute approximate surface area is 124 Å². The predicted octanol–water partition coefficient (Wildman–Crippen LogP) is 4.99. The summed E-state index contributed by atoms with van der Waals surface area (Å²) in [5.74, 6) is 0. The van der Waals surface area contributed by atoms with Crippen molar-refractivity contribution in [3.8, 4) is 0 Å². The van der Waals surface area contributed by atoms with E-state index in [9.17, 15) is 0 Å². The standard InChI is InChI=1S/C16H20ClNS/c1-3-9-18-15(11-14-7-8-16(17)19-14)13-6-4-5-12(2)10-13/h4-8,10,15,18H,3,9,11H2,1-2H3. The number of hydrogen-bond acceptors (Lipinski definition) is 2. The van der Waals surface area contributed by atoms with Crippen LogP contribution in [0, 0.1) is 6.92 Å². The number of hydrogen-bond donors (Lipinski definition) is 1. The number of rotatable bonds is 6. The summed E-state index contributed by atoms with van der Waals surface area (Å²) < 4.78 is 0.869. The lowest BCUT2D eigenvalue weighted by molar-refractivity contribution is 0.532. The van der Waals surface area contributed by atoms with E-state index < -0.39 is 0 Å². The minimum Gasteiger partial charge on any atom is -0.310 e. The van der Waals surface area contributed by atoms with Crippen LogP contribution in [0.4, 0.5) is 0 Å². The lowest BCUT2D eigenvalue weighted by Crippen LogP contribution is -2.23. The molecule has 2 aromatic rings. The normalized spacial score (nSPS) is 12.6. The fourth-order valence-corrected chi connectivity index (χ4v) is 3.31. The first-order valence-electron chi connectivity index (χ1n) is 6.73. The molecule has 0 aliphatic carbocycles. The molecule has 0 aliphatic rings. The molecule has 0 spiro atoms. The maximum atomic E-state index is 6.02. The van der Waals surface area contributed by atoms with Crippen LogP contribution in [0.2, 0.25) is 4.34 Å². The van der Waals surface area contributed by atoms with E-state index in [4.69, 9.17) is 11.6 Å². The van der Waals surface area contributed by atoms with E-state index in [0.29, 0.717) is 6.04 Å². The summed E-state index contributed by atoms with van der Waals surface area (Å²) >= 11 is 7.69. The van der Waals surface area contributed by atoms with Crippen LogP contribution in [0.15, 0.2) is 36.4 Å². The van der Waals surface area contributed by atoms with Gasteiger partial charge in [0.25, 0.3) is 0 Å². The quantitative estimate of drug-likeness (QED) is 0.791. The van der Waals surface area contributed by atoms with E-state index in [1.165, 1.54) is 16.0 Å². The van der Waals surface area contributed by atoms with Gasteiger partial charge >= 0.3 is 0 Å². The highest BCUT2D eigenvalue weighted by molar-refractivity contribution is 7.16. The lowest BCUT2D eigenvalue weighted by Gasteiger charge is -2.19. The molecule has 0 bridgehead atoms. The van der Waals surface area contributed by atoms with Gasteiger partial charge in [0, 0.05) is 17.3 Å².